The van der Waals surface area contributed by atoms with Crippen LogP contribution in [0.5, 0.6) is 0 Å². The van der Waals surface area contributed by atoms with E-state index < -0.39 is 0 Å². The molecule has 0 saturated carbocycles. The fourth-order valence-electron chi connectivity index (χ4n) is 20.8. The number of furan rings is 1. The highest BCUT2D eigenvalue weighted by Crippen LogP contribution is 2.64. The van der Waals surface area contributed by atoms with Gasteiger partial charge in [0.25, 0.3) is 0 Å². The first-order valence-electron chi connectivity index (χ1n) is 46.7. The molecule has 0 bridgehead atoms. The summed E-state index contributed by atoms with van der Waals surface area (Å²) in [4.78, 5) is 5.33. The van der Waals surface area contributed by atoms with Crippen LogP contribution >= 0.6 is 0 Å². The van der Waals surface area contributed by atoms with Crippen molar-refractivity contribution in [2.24, 2.45) is 0 Å². The van der Waals surface area contributed by atoms with Gasteiger partial charge in [0.15, 0.2) is 11.2 Å². The molecule has 2 aliphatic heterocycles. The van der Waals surface area contributed by atoms with Crippen LogP contribution in [0.1, 0.15) is 233 Å². The minimum Gasteiger partial charge on any atom is -0.452 e. The predicted octanol–water partition coefficient (Wildman–Crippen LogP) is 35.0. The standard InChI is InChI=1S/C123H121N5O/c1-116(2,3)79-42-51-100-94(64-79)95-65-80(117(4,5)6)43-52-101(95)124(100)87-48-50-93-109(70-87)128(107-40-32-38-91-90-37-31-39-106(114(90)129-115(91)107)127-104-55-46-83(120(13,14)15)68-98(104)99-69-84(121(16,17)18)47-56-105(99)127)111-72-89(125-102-53-44-81(118(7,8)9)66-96(102)97-67-82(119(10,11)12)45-54-103(97)125)71-110-113(111)112(93)92-49-41-75(78-58-85(122(19,20)21)63-86(59-78)123(22,23)24)62-108(92)126(110)88-60-76(73-33-27-25-28-34-73)57-77(61-88)74-35-29-26-30-36-74/h25-72,112H,1-24H3. The third-order valence-electron chi connectivity index (χ3n) is 28.4. The summed E-state index contributed by atoms with van der Waals surface area (Å²) in [5.74, 6) is -0.306. The summed E-state index contributed by atoms with van der Waals surface area (Å²) < 4.78 is 15.8. The quantitative estimate of drug-likeness (QED) is 0.152. The summed E-state index contributed by atoms with van der Waals surface area (Å²) in [6.07, 6.45) is 0. The molecule has 0 saturated heterocycles. The minimum absolute atomic E-state index is 0.0715. The summed E-state index contributed by atoms with van der Waals surface area (Å²) in [7, 11) is 0. The fraction of sp³-hybridized carbons (Fsp3) is 0.268. The molecular weight excluding hydrogens is 1560 g/mol. The molecule has 21 rings (SSSR count). The van der Waals surface area contributed by atoms with Crippen molar-refractivity contribution in [1.29, 1.82) is 0 Å². The lowest BCUT2D eigenvalue weighted by molar-refractivity contribution is 0.569. The van der Waals surface area contributed by atoms with Crippen molar-refractivity contribution in [1.82, 2.24) is 13.7 Å². The van der Waals surface area contributed by atoms with Gasteiger partial charge in [0.05, 0.1) is 72.9 Å². The zero-order chi connectivity index (χ0) is 90.4. The Hall–Kier alpha value is -12.9. The molecular formula is C123H121N5O. The highest BCUT2D eigenvalue weighted by Gasteiger charge is 2.44. The maximum absolute atomic E-state index is 8.15. The first-order valence-corrected chi connectivity index (χ1v) is 46.7. The van der Waals surface area contributed by atoms with Gasteiger partial charge in [0.2, 0.25) is 0 Å². The number of fused-ring (bicyclic) bond motifs is 16. The van der Waals surface area contributed by atoms with Gasteiger partial charge < -0.3 is 27.9 Å². The number of rotatable bonds is 8. The van der Waals surface area contributed by atoms with Gasteiger partial charge in [-0.15, -0.1) is 0 Å². The van der Waals surface area contributed by atoms with Crippen molar-refractivity contribution in [2.75, 3.05) is 9.80 Å². The number of anilines is 6. The Morgan fingerprint density at radius 3 is 0.922 bits per heavy atom. The molecule has 2 aliphatic rings. The zero-order valence-electron chi connectivity index (χ0n) is 79.9. The molecule has 15 aromatic carbocycles. The summed E-state index contributed by atoms with van der Waals surface area (Å²) in [6, 6.07) is 114. The molecule has 6 nitrogen and oxygen atoms in total. The third-order valence-corrected chi connectivity index (χ3v) is 28.4. The lowest BCUT2D eigenvalue weighted by Crippen LogP contribution is -2.30. The van der Waals surface area contributed by atoms with Crippen molar-refractivity contribution in [3.63, 3.8) is 0 Å². The number of aromatic nitrogens is 3. The molecule has 6 heteroatoms. The van der Waals surface area contributed by atoms with Crippen LogP contribution in [0.4, 0.5) is 34.1 Å². The lowest BCUT2D eigenvalue weighted by atomic mass is 9.74. The summed E-state index contributed by atoms with van der Waals surface area (Å²) in [6.45, 7) is 56.2. The molecule has 644 valence electrons. The minimum atomic E-state index is -0.306. The molecule has 0 spiro atoms. The number of nitrogens with zero attached hydrogens (tertiary/aromatic N) is 5. The number of hydrogen-bond acceptors (Lipinski definition) is 3. The largest absolute Gasteiger partial charge is 0.452 e. The van der Waals surface area contributed by atoms with E-state index in [1.54, 1.807) is 0 Å². The second-order valence-corrected chi connectivity index (χ2v) is 45.6. The Kier molecular flexibility index (Phi) is 18.5. The maximum atomic E-state index is 8.15. The molecule has 4 aromatic heterocycles. The van der Waals surface area contributed by atoms with Crippen LogP contribution in [0.25, 0.3) is 138 Å². The van der Waals surface area contributed by atoms with Gasteiger partial charge >= 0.3 is 0 Å². The molecule has 0 fully saturated rings. The van der Waals surface area contributed by atoms with Crippen LogP contribution < -0.4 is 9.80 Å². The van der Waals surface area contributed by atoms with Crippen LogP contribution in [-0.4, -0.2) is 13.7 Å². The fourth-order valence-corrected chi connectivity index (χ4v) is 20.8. The van der Waals surface area contributed by atoms with Crippen LogP contribution in [0.3, 0.4) is 0 Å². The van der Waals surface area contributed by atoms with E-state index >= 15 is 0 Å². The first-order chi connectivity index (χ1) is 61.0. The van der Waals surface area contributed by atoms with E-state index in [1.807, 2.05) is 0 Å². The van der Waals surface area contributed by atoms with Gasteiger partial charge in [-0.05, 0) is 266 Å². The van der Waals surface area contributed by atoms with E-state index in [0.717, 1.165) is 134 Å². The van der Waals surface area contributed by atoms with Crippen LogP contribution in [0, 0.1) is 0 Å². The van der Waals surface area contributed by atoms with E-state index in [2.05, 4.69) is 481 Å². The average molecular weight is 1690 g/mol. The smallest absolute Gasteiger partial charge is 0.159 e. The van der Waals surface area contributed by atoms with Crippen LogP contribution in [0.15, 0.2) is 296 Å². The normalized spacial score (nSPS) is 14.2. The number of para-hydroxylation sites is 2. The maximum Gasteiger partial charge on any atom is 0.159 e. The van der Waals surface area contributed by atoms with Crippen molar-refractivity contribution in [2.45, 2.75) is 215 Å². The lowest BCUT2D eigenvalue weighted by Gasteiger charge is -2.45. The molecule has 129 heavy (non-hydrogen) atoms. The van der Waals surface area contributed by atoms with E-state index in [1.165, 1.54) is 99.1 Å². The molecule has 1 unspecified atom stereocenters. The van der Waals surface area contributed by atoms with Crippen molar-refractivity contribution >= 4 is 121 Å². The number of benzene rings is 15. The molecule has 6 heterocycles. The van der Waals surface area contributed by atoms with Gasteiger partial charge in [-0.2, -0.15) is 0 Å². The highest BCUT2D eigenvalue weighted by molar-refractivity contribution is 6.17. The van der Waals surface area contributed by atoms with E-state index in [-0.39, 0.29) is 49.2 Å². The molecule has 0 N–H and O–H groups in total. The summed E-state index contributed by atoms with van der Waals surface area (Å²) in [5.41, 5.74) is 38.1. The molecule has 0 amide bonds. The SMILES string of the molecule is CC(C)(C)c1cc(-c2ccc3c(c2)N(c2cc(-c4ccccc4)cc(-c4ccccc4)c2)c2cc(-n4c5ccc(C(C)(C)C)cc5c5cc(C(C)(C)C)ccc54)cc4c2C3c2ccc(-n3c5ccc(C(C)(C)C)cc5c5cc(C(C)(C)C)ccc53)cc2N4c2cccc3c2oc2c(-n4c5ccc(C(C)(C)C)cc5c5cc(C(C)(C)C)ccc54)cccc23)cc(C(C)(C)C)c1. The molecule has 1 atom stereocenters. The zero-order valence-corrected chi connectivity index (χ0v) is 79.9. The first kappa shape index (κ1) is 83.0. The Morgan fingerprint density at radius 2 is 0.527 bits per heavy atom. The Balaban J connectivity index is 0.930. The highest BCUT2D eigenvalue weighted by atomic mass is 16.3. The number of hydrogen-bond donors (Lipinski definition) is 0. The Labute approximate surface area is 762 Å². The molecule has 0 radical (unpaired) electrons. The topological polar surface area (TPSA) is 34.4 Å². The van der Waals surface area contributed by atoms with Crippen LogP contribution in [-0.2, 0) is 43.3 Å². The van der Waals surface area contributed by atoms with Gasteiger partial charge in [0.1, 0.15) is 0 Å². The predicted molar refractivity (Wildman–Crippen MR) is 553 cm³/mol. The van der Waals surface area contributed by atoms with E-state index in [9.17, 15) is 0 Å². The second kappa shape index (κ2) is 28.8. The summed E-state index contributed by atoms with van der Waals surface area (Å²) in [5, 5.41) is 9.50. The second-order valence-electron chi connectivity index (χ2n) is 45.6. The van der Waals surface area contributed by atoms with E-state index in [4.69, 9.17) is 4.42 Å². The van der Waals surface area contributed by atoms with Gasteiger partial charge in [-0.3, -0.25) is 0 Å². The van der Waals surface area contributed by atoms with Gasteiger partial charge in [0, 0.05) is 65.9 Å². The van der Waals surface area contributed by atoms with Crippen LogP contribution in [0.2, 0.25) is 0 Å². The Morgan fingerprint density at radius 1 is 0.194 bits per heavy atom. The monoisotopic (exact) mass is 1680 g/mol. The summed E-state index contributed by atoms with van der Waals surface area (Å²) >= 11 is 0. The van der Waals surface area contributed by atoms with Crippen molar-refractivity contribution < 1.29 is 4.42 Å². The van der Waals surface area contributed by atoms with Crippen molar-refractivity contribution in [3.05, 3.63) is 352 Å². The average Bonchev–Trinajstić information content (AvgIpc) is 1.16. The Bertz CT molecular complexity index is 7560. The third kappa shape index (κ3) is 13.8. The molecule has 0 aliphatic carbocycles. The van der Waals surface area contributed by atoms with Gasteiger partial charge in [-0.25, -0.2) is 0 Å². The molecule has 19 aromatic rings. The van der Waals surface area contributed by atoms with Gasteiger partial charge in [-0.1, -0.05) is 324 Å². The van der Waals surface area contributed by atoms with Crippen molar-refractivity contribution in [3.8, 4) is 50.4 Å². The van der Waals surface area contributed by atoms with E-state index in [0.29, 0.717) is 0 Å².